The zero-order valence-electron chi connectivity index (χ0n) is 20.5. The third kappa shape index (κ3) is 3.63. The smallest absolute Gasteiger partial charge is 0.295 e. The summed E-state index contributed by atoms with van der Waals surface area (Å²) in [6.07, 6.45) is 2.95. The number of fused-ring (bicyclic) bond motifs is 6. The second-order valence-corrected chi connectivity index (χ2v) is 9.40. The monoisotopic (exact) mass is 478 g/mol. The molecule has 5 rings (SSSR count). The molecule has 2 fully saturated rings. The standard InChI is InChI=1S/C27H30N2O6/c1-15-8-9-16-10-11-28-23(18(16)12-15)19-6-5-7-20(26(28)31)29(19)27(32)24(30)17-13-21(33-2)25(35-4)22(14-17)34-3/h8-9,12-14,19-20,23H,5-7,10-11H2,1-4H3/t19-,20+,23?/m1/s1. The van der Waals surface area contributed by atoms with Crippen molar-refractivity contribution in [2.45, 2.75) is 50.7 Å². The number of piperazine rings is 1. The van der Waals surface area contributed by atoms with Crippen LogP contribution in [0.1, 0.15) is 52.4 Å². The van der Waals surface area contributed by atoms with Gasteiger partial charge in [-0.2, -0.15) is 0 Å². The van der Waals surface area contributed by atoms with Gasteiger partial charge in [0.15, 0.2) is 11.5 Å². The minimum absolute atomic E-state index is 0.0656. The molecule has 3 heterocycles. The number of nitrogens with zero attached hydrogens (tertiary/aromatic N) is 2. The number of hydrogen-bond acceptors (Lipinski definition) is 6. The molecule has 3 aliphatic heterocycles. The van der Waals surface area contributed by atoms with E-state index in [0.29, 0.717) is 30.2 Å². The van der Waals surface area contributed by atoms with Gasteiger partial charge in [0.25, 0.3) is 11.7 Å². The van der Waals surface area contributed by atoms with E-state index >= 15 is 0 Å². The van der Waals surface area contributed by atoms with Crippen LogP contribution in [0.3, 0.4) is 0 Å². The number of benzene rings is 2. The van der Waals surface area contributed by atoms with E-state index in [1.807, 2.05) is 11.8 Å². The molecule has 35 heavy (non-hydrogen) atoms. The van der Waals surface area contributed by atoms with Crippen molar-refractivity contribution >= 4 is 17.6 Å². The molecule has 2 amide bonds. The number of piperidine rings is 1. The third-order valence-corrected chi connectivity index (χ3v) is 7.54. The average molecular weight is 479 g/mol. The molecule has 8 nitrogen and oxygen atoms in total. The van der Waals surface area contributed by atoms with Gasteiger partial charge >= 0.3 is 0 Å². The van der Waals surface area contributed by atoms with Crippen LogP contribution in [0, 0.1) is 6.92 Å². The first kappa shape index (κ1) is 23.2. The van der Waals surface area contributed by atoms with Gasteiger partial charge in [-0.3, -0.25) is 14.4 Å². The number of Topliss-reactive ketones (excluding diaryl/α,β-unsaturated/α-hetero) is 1. The van der Waals surface area contributed by atoms with Crippen LogP contribution in [-0.4, -0.2) is 67.4 Å². The Morgan fingerprint density at radius 2 is 1.69 bits per heavy atom. The van der Waals surface area contributed by atoms with Crippen LogP contribution < -0.4 is 14.2 Å². The Morgan fingerprint density at radius 3 is 2.34 bits per heavy atom. The predicted molar refractivity (Wildman–Crippen MR) is 128 cm³/mol. The fourth-order valence-electron chi connectivity index (χ4n) is 5.95. The summed E-state index contributed by atoms with van der Waals surface area (Å²) in [7, 11) is 4.39. The lowest BCUT2D eigenvalue weighted by atomic mass is 9.78. The summed E-state index contributed by atoms with van der Waals surface area (Å²) in [5.41, 5.74) is 3.55. The van der Waals surface area contributed by atoms with Crippen molar-refractivity contribution in [3.8, 4) is 17.2 Å². The highest BCUT2D eigenvalue weighted by Crippen LogP contribution is 2.45. The molecule has 3 aliphatic rings. The molecule has 1 unspecified atom stereocenters. The fraction of sp³-hybridized carbons (Fsp3) is 0.444. The summed E-state index contributed by atoms with van der Waals surface area (Å²) < 4.78 is 16.1. The van der Waals surface area contributed by atoms with Crippen molar-refractivity contribution < 1.29 is 28.6 Å². The van der Waals surface area contributed by atoms with Gasteiger partial charge in [-0.15, -0.1) is 0 Å². The van der Waals surface area contributed by atoms with Crippen LogP contribution in [0.4, 0.5) is 0 Å². The summed E-state index contributed by atoms with van der Waals surface area (Å²) in [5, 5.41) is 0. The Kier molecular flexibility index (Phi) is 5.91. The van der Waals surface area contributed by atoms with Crippen LogP contribution in [0.5, 0.6) is 17.2 Å². The van der Waals surface area contributed by atoms with E-state index in [0.717, 1.165) is 30.4 Å². The van der Waals surface area contributed by atoms with Crippen LogP contribution >= 0.6 is 0 Å². The Labute approximate surface area is 204 Å². The fourth-order valence-corrected chi connectivity index (χ4v) is 5.95. The molecular weight excluding hydrogens is 448 g/mol. The maximum Gasteiger partial charge on any atom is 0.295 e. The summed E-state index contributed by atoms with van der Waals surface area (Å²) in [6.45, 7) is 2.67. The molecule has 3 atom stereocenters. The summed E-state index contributed by atoms with van der Waals surface area (Å²) in [5.74, 6) is -0.496. The van der Waals surface area contributed by atoms with E-state index < -0.39 is 17.7 Å². The maximum absolute atomic E-state index is 13.8. The SMILES string of the molecule is COc1cc(C(=O)C(=O)N2[C@@H]3CCC[C@H]2C(=O)N2CCc4ccc(C)cc4C32)cc(OC)c1OC. The highest BCUT2D eigenvalue weighted by Gasteiger charge is 2.53. The molecule has 2 bridgehead atoms. The van der Waals surface area contributed by atoms with Crippen LogP contribution in [0.25, 0.3) is 0 Å². The molecule has 8 heteroatoms. The number of amides is 2. The molecule has 2 aromatic carbocycles. The molecule has 0 N–H and O–H groups in total. The van der Waals surface area contributed by atoms with E-state index in [4.69, 9.17) is 14.2 Å². The van der Waals surface area contributed by atoms with Gasteiger partial charge in [0.05, 0.1) is 33.4 Å². The minimum atomic E-state index is -0.692. The number of rotatable bonds is 5. The van der Waals surface area contributed by atoms with E-state index in [-0.39, 0.29) is 23.6 Å². The van der Waals surface area contributed by atoms with Gasteiger partial charge in [0.1, 0.15) is 6.04 Å². The Balaban J connectivity index is 1.54. The Morgan fingerprint density at radius 1 is 0.971 bits per heavy atom. The number of hydrogen-bond donors (Lipinski definition) is 0. The first-order valence-corrected chi connectivity index (χ1v) is 12.0. The minimum Gasteiger partial charge on any atom is -0.493 e. The predicted octanol–water partition coefficient (Wildman–Crippen LogP) is 3.09. The van der Waals surface area contributed by atoms with Crippen LogP contribution in [0.15, 0.2) is 30.3 Å². The number of carbonyl (C=O) groups excluding carboxylic acids is 3. The maximum atomic E-state index is 13.8. The normalized spacial score (nSPS) is 22.7. The molecule has 0 aliphatic carbocycles. The highest BCUT2D eigenvalue weighted by molar-refractivity contribution is 6.43. The van der Waals surface area contributed by atoms with Gasteiger partial charge in [-0.05, 0) is 55.9 Å². The van der Waals surface area contributed by atoms with Crippen molar-refractivity contribution in [3.63, 3.8) is 0 Å². The molecular formula is C27H30N2O6. The largest absolute Gasteiger partial charge is 0.493 e. The van der Waals surface area contributed by atoms with E-state index in [1.165, 1.54) is 39.0 Å². The number of carbonyl (C=O) groups is 3. The molecule has 0 spiro atoms. The zero-order valence-corrected chi connectivity index (χ0v) is 20.5. The van der Waals surface area contributed by atoms with E-state index in [2.05, 4.69) is 18.2 Å². The number of aryl methyl sites for hydroxylation is 1. The molecule has 2 saturated heterocycles. The number of ketones is 1. The lowest BCUT2D eigenvalue weighted by Gasteiger charge is -2.55. The average Bonchev–Trinajstić information content (AvgIpc) is 2.89. The quantitative estimate of drug-likeness (QED) is 0.485. The van der Waals surface area contributed by atoms with Gasteiger partial charge < -0.3 is 24.0 Å². The lowest BCUT2D eigenvalue weighted by Crippen LogP contribution is -2.68. The summed E-state index contributed by atoms with van der Waals surface area (Å²) in [4.78, 5) is 44.4. The van der Waals surface area contributed by atoms with Crippen molar-refractivity contribution in [2.75, 3.05) is 27.9 Å². The van der Waals surface area contributed by atoms with Gasteiger partial charge in [-0.25, -0.2) is 0 Å². The van der Waals surface area contributed by atoms with Gasteiger partial charge in [0, 0.05) is 12.1 Å². The molecule has 0 saturated carbocycles. The second-order valence-electron chi connectivity index (χ2n) is 9.40. The van der Waals surface area contributed by atoms with Crippen molar-refractivity contribution in [2.24, 2.45) is 0 Å². The van der Waals surface area contributed by atoms with Crippen LogP contribution in [-0.2, 0) is 16.0 Å². The Hall–Kier alpha value is -3.55. The molecule has 0 aromatic heterocycles. The third-order valence-electron chi connectivity index (χ3n) is 7.54. The van der Waals surface area contributed by atoms with E-state index in [9.17, 15) is 14.4 Å². The summed E-state index contributed by atoms with van der Waals surface area (Å²) in [6, 6.07) is 8.19. The van der Waals surface area contributed by atoms with Gasteiger partial charge in [0.2, 0.25) is 11.7 Å². The number of methoxy groups -OCH3 is 3. The first-order valence-electron chi connectivity index (χ1n) is 12.0. The van der Waals surface area contributed by atoms with E-state index in [1.54, 1.807) is 4.90 Å². The zero-order chi connectivity index (χ0) is 24.9. The Bertz CT molecular complexity index is 1180. The molecule has 2 aromatic rings. The highest BCUT2D eigenvalue weighted by atomic mass is 16.5. The van der Waals surface area contributed by atoms with Crippen molar-refractivity contribution in [1.82, 2.24) is 9.80 Å². The number of ether oxygens (including phenoxy) is 3. The molecule has 0 radical (unpaired) electrons. The van der Waals surface area contributed by atoms with Crippen molar-refractivity contribution in [3.05, 3.63) is 52.6 Å². The summed E-state index contributed by atoms with van der Waals surface area (Å²) >= 11 is 0. The first-order chi connectivity index (χ1) is 16.9. The molecule has 184 valence electrons. The van der Waals surface area contributed by atoms with Crippen molar-refractivity contribution in [1.29, 1.82) is 0 Å². The lowest BCUT2D eigenvalue weighted by molar-refractivity contribution is -0.164. The topological polar surface area (TPSA) is 85.4 Å². The van der Waals surface area contributed by atoms with Crippen LogP contribution in [0.2, 0.25) is 0 Å². The second kappa shape index (κ2) is 8.91. The van der Waals surface area contributed by atoms with Gasteiger partial charge in [-0.1, -0.05) is 23.8 Å².